The molecular weight excluding hydrogens is 180 g/mol. The normalized spacial score (nSPS) is 21.8. The average molecular weight is 192 g/mol. The quantitative estimate of drug-likeness (QED) is 0.737. The molecule has 0 saturated heterocycles. The predicted molar refractivity (Wildman–Crippen MR) is 57.7 cm³/mol. The van der Waals surface area contributed by atoms with Crippen LogP contribution in [0.3, 0.4) is 0 Å². The zero-order chi connectivity index (χ0) is 9.26. The molecule has 0 saturated carbocycles. The molecule has 2 N–H and O–H groups in total. The van der Waals surface area contributed by atoms with E-state index in [0.29, 0.717) is 0 Å². The van der Waals surface area contributed by atoms with Crippen LogP contribution >= 0.6 is 11.8 Å². The fraction of sp³-hybridized carbons (Fsp3) is 0.200. The van der Waals surface area contributed by atoms with E-state index >= 15 is 0 Å². The lowest BCUT2D eigenvalue weighted by molar-refractivity contribution is 0.468. The van der Waals surface area contributed by atoms with Crippen molar-refractivity contribution in [3.8, 4) is 0 Å². The fourth-order valence-electron chi connectivity index (χ4n) is 1.33. The number of hydrogen-bond donors (Lipinski definition) is 1. The fourth-order valence-corrected chi connectivity index (χ4v) is 2.19. The van der Waals surface area contributed by atoms with E-state index in [2.05, 4.69) is 22.4 Å². The monoisotopic (exact) mass is 192 g/mol. The molecule has 0 spiro atoms. The molecule has 68 valence electrons. The Morgan fingerprint density at radius 2 is 2.00 bits per heavy atom. The van der Waals surface area contributed by atoms with E-state index in [0.717, 1.165) is 0 Å². The number of hydrogen-bond acceptors (Lipinski definition) is 3. The third-order valence-electron chi connectivity index (χ3n) is 2.15. The molecule has 1 aliphatic rings. The molecule has 13 heavy (non-hydrogen) atoms. The number of benzene rings is 1. The van der Waals surface area contributed by atoms with Crippen molar-refractivity contribution in [2.75, 3.05) is 7.05 Å². The van der Waals surface area contributed by atoms with Gasteiger partial charge in [0.05, 0.1) is 5.70 Å². The highest BCUT2D eigenvalue weighted by Gasteiger charge is 2.20. The summed E-state index contributed by atoms with van der Waals surface area (Å²) in [6.45, 7) is 0. The van der Waals surface area contributed by atoms with E-state index in [1.165, 1.54) is 11.3 Å². The summed E-state index contributed by atoms with van der Waals surface area (Å²) in [6, 6.07) is 10.3. The van der Waals surface area contributed by atoms with Crippen molar-refractivity contribution in [2.24, 2.45) is 5.73 Å². The molecular formula is C10H12N2S. The minimum Gasteiger partial charge on any atom is -0.349 e. The van der Waals surface area contributed by atoms with Gasteiger partial charge in [0.2, 0.25) is 0 Å². The second-order valence-electron chi connectivity index (χ2n) is 3.01. The summed E-state index contributed by atoms with van der Waals surface area (Å²) >= 11 is 1.65. The van der Waals surface area contributed by atoms with Crippen molar-refractivity contribution >= 4 is 17.5 Å². The maximum absolute atomic E-state index is 5.84. The molecule has 1 aliphatic heterocycles. The van der Waals surface area contributed by atoms with Crippen LogP contribution < -0.4 is 5.73 Å². The predicted octanol–water partition coefficient (Wildman–Crippen LogP) is 1.91. The Morgan fingerprint density at radius 3 is 2.54 bits per heavy atom. The number of rotatable bonds is 1. The Hall–Kier alpha value is -0.930. The Labute approximate surface area is 82.4 Å². The minimum absolute atomic E-state index is 0.0650. The van der Waals surface area contributed by atoms with Crippen LogP contribution in [0, 0.1) is 0 Å². The summed E-state index contributed by atoms with van der Waals surface area (Å²) in [4.78, 5) is 2.08. The maximum Gasteiger partial charge on any atom is 0.129 e. The third-order valence-corrected chi connectivity index (χ3v) is 3.10. The van der Waals surface area contributed by atoms with E-state index in [-0.39, 0.29) is 5.50 Å². The van der Waals surface area contributed by atoms with E-state index in [9.17, 15) is 0 Å². The van der Waals surface area contributed by atoms with Crippen molar-refractivity contribution in [1.29, 1.82) is 0 Å². The van der Waals surface area contributed by atoms with Gasteiger partial charge in [0.1, 0.15) is 5.50 Å². The molecule has 1 heterocycles. The molecule has 2 rings (SSSR count). The van der Waals surface area contributed by atoms with Crippen LogP contribution in [0.5, 0.6) is 0 Å². The lowest BCUT2D eigenvalue weighted by Crippen LogP contribution is -2.30. The van der Waals surface area contributed by atoms with Gasteiger partial charge in [-0.1, -0.05) is 42.1 Å². The van der Waals surface area contributed by atoms with Gasteiger partial charge in [-0.2, -0.15) is 0 Å². The van der Waals surface area contributed by atoms with Crippen LogP contribution in [0.1, 0.15) is 5.56 Å². The summed E-state index contributed by atoms with van der Waals surface area (Å²) in [5.74, 6) is 0. The van der Waals surface area contributed by atoms with Gasteiger partial charge in [-0.15, -0.1) is 0 Å². The topological polar surface area (TPSA) is 29.3 Å². The summed E-state index contributed by atoms with van der Waals surface area (Å²) in [6.07, 6.45) is 0. The van der Waals surface area contributed by atoms with Crippen molar-refractivity contribution < 1.29 is 0 Å². The van der Waals surface area contributed by atoms with E-state index in [1.54, 1.807) is 11.8 Å². The van der Waals surface area contributed by atoms with Crippen LogP contribution in [-0.2, 0) is 0 Å². The van der Waals surface area contributed by atoms with Gasteiger partial charge in [-0.3, -0.25) is 0 Å². The van der Waals surface area contributed by atoms with Gasteiger partial charge in [0.25, 0.3) is 0 Å². The molecule has 0 aliphatic carbocycles. The number of nitrogens with two attached hydrogens (primary N) is 1. The maximum atomic E-state index is 5.84. The Balaban J connectivity index is 2.29. The van der Waals surface area contributed by atoms with Crippen LogP contribution in [0.25, 0.3) is 5.70 Å². The molecule has 0 bridgehead atoms. The summed E-state index contributed by atoms with van der Waals surface area (Å²) in [7, 11) is 2.02. The molecule has 0 aromatic heterocycles. The van der Waals surface area contributed by atoms with E-state index in [4.69, 9.17) is 5.73 Å². The first-order chi connectivity index (χ1) is 6.29. The first-order valence-electron chi connectivity index (χ1n) is 4.18. The minimum atomic E-state index is 0.0650. The number of thioether (sulfide) groups is 1. The highest BCUT2D eigenvalue weighted by molar-refractivity contribution is 8.03. The third kappa shape index (κ3) is 1.57. The zero-order valence-electron chi connectivity index (χ0n) is 7.47. The lowest BCUT2D eigenvalue weighted by atomic mass is 10.2. The first kappa shape index (κ1) is 8.66. The molecule has 1 aromatic rings. The average Bonchev–Trinajstić information content (AvgIpc) is 2.49. The lowest BCUT2D eigenvalue weighted by Gasteiger charge is -2.20. The SMILES string of the molecule is CN1C(c2ccccc2)=CSC1N. The molecule has 0 fully saturated rings. The highest BCUT2D eigenvalue weighted by atomic mass is 32.2. The molecule has 0 amide bonds. The molecule has 0 radical (unpaired) electrons. The molecule has 1 unspecified atom stereocenters. The summed E-state index contributed by atoms with van der Waals surface area (Å²) in [5.41, 5.74) is 8.34. The summed E-state index contributed by atoms with van der Waals surface area (Å²) < 4.78 is 0. The van der Waals surface area contributed by atoms with Gasteiger partial charge < -0.3 is 10.6 Å². The van der Waals surface area contributed by atoms with Crippen molar-refractivity contribution in [2.45, 2.75) is 5.50 Å². The van der Waals surface area contributed by atoms with Gasteiger partial charge in [0.15, 0.2) is 0 Å². The standard InChI is InChI=1S/C10H12N2S/c1-12-9(7-13-10(12)11)8-5-3-2-4-6-8/h2-7,10H,11H2,1H3. The van der Waals surface area contributed by atoms with Crippen LogP contribution in [-0.4, -0.2) is 17.4 Å². The van der Waals surface area contributed by atoms with Crippen molar-refractivity contribution in [1.82, 2.24) is 4.90 Å². The van der Waals surface area contributed by atoms with E-state index < -0.39 is 0 Å². The molecule has 2 nitrogen and oxygen atoms in total. The highest BCUT2D eigenvalue weighted by Crippen LogP contribution is 2.32. The van der Waals surface area contributed by atoms with Crippen LogP contribution in [0.4, 0.5) is 0 Å². The Bertz CT molecular complexity index is 321. The van der Waals surface area contributed by atoms with Gasteiger partial charge >= 0.3 is 0 Å². The van der Waals surface area contributed by atoms with Gasteiger partial charge in [-0.25, -0.2) is 0 Å². The smallest absolute Gasteiger partial charge is 0.129 e. The second-order valence-corrected chi connectivity index (χ2v) is 4.00. The second kappa shape index (κ2) is 3.44. The van der Waals surface area contributed by atoms with E-state index in [1.807, 2.05) is 25.2 Å². The molecule has 1 atom stereocenters. The largest absolute Gasteiger partial charge is 0.349 e. The number of nitrogens with zero attached hydrogens (tertiary/aromatic N) is 1. The van der Waals surface area contributed by atoms with Gasteiger partial charge in [0, 0.05) is 7.05 Å². The van der Waals surface area contributed by atoms with Crippen molar-refractivity contribution in [3.63, 3.8) is 0 Å². The summed E-state index contributed by atoms with van der Waals surface area (Å²) in [5, 5.41) is 2.11. The van der Waals surface area contributed by atoms with Crippen LogP contribution in [0.2, 0.25) is 0 Å². The van der Waals surface area contributed by atoms with Gasteiger partial charge in [-0.05, 0) is 11.0 Å². The first-order valence-corrected chi connectivity index (χ1v) is 5.13. The Morgan fingerprint density at radius 1 is 1.31 bits per heavy atom. The zero-order valence-corrected chi connectivity index (χ0v) is 8.29. The Kier molecular flexibility index (Phi) is 2.29. The molecule has 3 heteroatoms. The van der Waals surface area contributed by atoms with Crippen molar-refractivity contribution in [3.05, 3.63) is 41.3 Å². The molecule has 1 aromatic carbocycles. The van der Waals surface area contributed by atoms with Crippen LogP contribution in [0.15, 0.2) is 35.7 Å².